The van der Waals surface area contributed by atoms with Crippen molar-refractivity contribution in [2.45, 2.75) is 58.0 Å². The van der Waals surface area contributed by atoms with E-state index in [1.54, 1.807) is 26.9 Å². The van der Waals surface area contributed by atoms with E-state index in [0.717, 1.165) is 41.1 Å². The summed E-state index contributed by atoms with van der Waals surface area (Å²) in [6.07, 6.45) is 5.83. The monoisotopic (exact) mass is 604 g/mol. The minimum atomic E-state index is -0.294. The number of rotatable bonds is 5. The minimum Gasteiger partial charge on any atom is -0.494 e. The number of hydrogen-bond acceptors (Lipinski definition) is 7. The van der Waals surface area contributed by atoms with Crippen LogP contribution < -0.4 is 10.1 Å². The number of aryl methyl sites for hydroxylation is 3. The maximum absolute atomic E-state index is 13.4. The van der Waals surface area contributed by atoms with Crippen molar-refractivity contribution in [2.24, 2.45) is 0 Å². The Labute approximate surface area is 257 Å². The van der Waals surface area contributed by atoms with Crippen molar-refractivity contribution < 1.29 is 29.0 Å². The Morgan fingerprint density at radius 3 is 2.64 bits per heavy atom. The summed E-state index contributed by atoms with van der Waals surface area (Å²) in [5.41, 5.74) is 3.80. The van der Waals surface area contributed by atoms with Crippen LogP contribution in [-0.2, 0) is 32.1 Å². The molecule has 2 aromatic heterocycles. The Hall–Kier alpha value is -4.74. The van der Waals surface area contributed by atoms with Crippen molar-refractivity contribution >= 4 is 24.2 Å². The topological polar surface area (TPSA) is 147 Å². The summed E-state index contributed by atoms with van der Waals surface area (Å²) in [5.74, 6) is 0.334. The van der Waals surface area contributed by atoms with Gasteiger partial charge in [0.1, 0.15) is 12.3 Å². The van der Waals surface area contributed by atoms with E-state index >= 15 is 0 Å². The van der Waals surface area contributed by atoms with Crippen molar-refractivity contribution in [3.05, 3.63) is 77.4 Å². The molecule has 2 atom stereocenters. The molecule has 1 aromatic carbocycles. The van der Waals surface area contributed by atoms with E-state index in [1.807, 2.05) is 56.3 Å². The number of amides is 3. The smallest absolute Gasteiger partial charge is 0.290 e. The van der Waals surface area contributed by atoms with Gasteiger partial charge in [0.2, 0.25) is 17.7 Å². The predicted octanol–water partition coefficient (Wildman–Crippen LogP) is 2.34. The lowest BCUT2D eigenvalue weighted by Crippen LogP contribution is -2.47. The van der Waals surface area contributed by atoms with Gasteiger partial charge in [0, 0.05) is 50.1 Å². The van der Waals surface area contributed by atoms with Crippen LogP contribution in [-0.4, -0.2) is 92.7 Å². The molecule has 1 fully saturated rings. The van der Waals surface area contributed by atoms with Crippen LogP contribution in [0.25, 0.3) is 0 Å². The van der Waals surface area contributed by atoms with Gasteiger partial charge in [-0.3, -0.25) is 28.8 Å². The van der Waals surface area contributed by atoms with E-state index in [1.165, 1.54) is 0 Å². The molecule has 3 aromatic rings. The standard InChI is InChI=1S/C31H38N6O4.CH2O2/c1-22-15-23(2)37(34-22)21-31(40)36-18-27-25-8-5-9-26(16-25)41-14-4-3-13-35(20-29(38)33-28(27)19-36)30(39)11-10-24-7-6-12-32-17-24;2-1-3/h5-9,12,15-17,27-28H,3-4,10-11,13-14,18-21H2,1-2H3,(H,33,38);1H,(H,2,3)/t27-,28+;/m1./s1. The molecule has 0 unspecified atom stereocenters. The van der Waals surface area contributed by atoms with E-state index in [-0.39, 0.29) is 49.2 Å². The van der Waals surface area contributed by atoms with Gasteiger partial charge in [0.25, 0.3) is 6.47 Å². The van der Waals surface area contributed by atoms with E-state index in [2.05, 4.69) is 15.4 Å². The van der Waals surface area contributed by atoms with Gasteiger partial charge in [-0.05, 0) is 68.5 Å². The molecule has 2 aliphatic rings. The highest BCUT2D eigenvalue weighted by molar-refractivity contribution is 5.85. The maximum atomic E-state index is 13.4. The Bertz CT molecular complexity index is 1430. The number of ether oxygens (including phenoxy) is 1. The largest absolute Gasteiger partial charge is 0.494 e. The zero-order valence-electron chi connectivity index (χ0n) is 25.2. The Balaban J connectivity index is 0.00000141. The van der Waals surface area contributed by atoms with Gasteiger partial charge in [-0.2, -0.15) is 5.10 Å². The van der Waals surface area contributed by atoms with Crippen molar-refractivity contribution in [3.8, 4) is 5.75 Å². The molecule has 3 amide bonds. The molecular formula is C32H40N6O6. The first kappa shape index (κ1) is 32.2. The number of carbonyl (C=O) groups is 4. The van der Waals surface area contributed by atoms with Crippen molar-refractivity contribution in [1.82, 2.24) is 29.9 Å². The highest BCUT2D eigenvalue weighted by atomic mass is 16.5. The second-order valence-electron chi connectivity index (χ2n) is 11.1. The Kier molecular flexibility index (Phi) is 11.4. The van der Waals surface area contributed by atoms with Crippen LogP contribution in [0.3, 0.4) is 0 Å². The van der Waals surface area contributed by atoms with Crippen LogP contribution in [0.15, 0.2) is 54.9 Å². The molecule has 12 nitrogen and oxygen atoms in total. The van der Waals surface area contributed by atoms with Crippen LogP contribution in [0.1, 0.15) is 47.7 Å². The van der Waals surface area contributed by atoms with E-state index in [9.17, 15) is 14.4 Å². The average molecular weight is 605 g/mol. The minimum absolute atomic E-state index is 0.0182. The summed E-state index contributed by atoms with van der Waals surface area (Å²) in [6, 6.07) is 13.4. The number of carboxylic acid groups (broad SMARTS) is 1. The zero-order valence-corrected chi connectivity index (χ0v) is 25.2. The van der Waals surface area contributed by atoms with Crippen molar-refractivity contribution in [1.29, 1.82) is 0 Å². The van der Waals surface area contributed by atoms with Gasteiger partial charge in [-0.1, -0.05) is 18.2 Å². The molecule has 0 saturated carbocycles. The summed E-state index contributed by atoms with van der Waals surface area (Å²) in [6.45, 7) is 5.58. The third kappa shape index (κ3) is 8.88. The van der Waals surface area contributed by atoms with E-state index in [4.69, 9.17) is 14.6 Å². The molecule has 0 radical (unpaired) electrons. The molecule has 5 rings (SSSR count). The highest BCUT2D eigenvalue weighted by Gasteiger charge is 2.37. The highest BCUT2D eigenvalue weighted by Crippen LogP contribution is 2.30. The van der Waals surface area contributed by atoms with Gasteiger partial charge >= 0.3 is 0 Å². The van der Waals surface area contributed by atoms with Crippen LogP contribution in [0.2, 0.25) is 0 Å². The van der Waals surface area contributed by atoms with E-state index in [0.29, 0.717) is 39.1 Å². The number of carbonyl (C=O) groups excluding carboxylic acids is 3. The lowest BCUT2D eigenvalue weighted by molar-refractivity contribution is -0.136. The van der Waals surface area contributed by atoms with Crippen molar-refractivity contribution in [2.75, 3.05) is 32.8 Å². The molecule has 4 heterocycles. The van der Waals surface area contributed by atoms with Crippen LogP contribution in [0.5, 0.6) is 5.75 Å². The molecule has 44 heavy (non-hydrogen) atoms. The van der Waals surface area contributed by atoms with Gasteiger partial charge in [0.15, 0.2) is 0 Å². The number of fused-ring (bicyclic) bond motifs is 4. The molecular weight excluding hydrogens is 564 g/mol. The molecule has 0 spiro atoms. The lowest BCUT2D eigenvalue weighted by Gasteiger charge is -2.26. The van der Waals surface area contributed by atoms with E-state index < -0.39 is 0 Å². The lowest BCUT2D eigenvalue weighted by atomic mass is 9.94. The fraction of sp³-hybridized carbons (Fsp3) is 0.438. The number of likely N-dealkylation sites (tertiary alicyclic amines) is 1. The predicted molar refractivity (Wildman–Crippen MR) is 162 cm³/mol. The normalized spacial score (nSPS) is 18.5. The number of aromatic nitrogens is 3. The van der Waals surface area contributed by atoms with Gasteiger partial charge in [-0.15, -0.1) is 0 Å². The summed E-state index contributed by atoms with van der Waals surface area (Å²) in [4.78, 5) is 55.8. The Morgan fingerprint density at radius 1 is 1.09 bits per heavy atom. The molecule has 234 valence electrons. The summed E-state index contributed by atoms with van der Waals surface area (Å²) < 4.78 is 7.76. The first-order valence-corrected chi connectivity index (χ1v) is 14.8. The molecule has 1 saturated heterocycles. The first-order valence-electron chi connectivity index (χ1n) is 14.8. The van der Waals surface area contributed by atoms with Crippen LogP contribution in [0.4, 0.5) is 0 Å². The van der Waals surface area contributed by atoms with Crippen LogP contribution >= 0.6 is 0 Å². The molecule has 2 N–H and O–H groups in total. The number of benzene rings is 1. The second kappa shape index (κ2) is 15.6. The molecule has 0 aliphatic carbocycles. The summed E-state index contributed by atoms with van der Waals surface area (Å²) in [7, 11) is 0. The molecule has 2 aliphatic heterocycles. The summed E-state index contributed by atoms with van der Waals surface area (Å²) >= 11 is 0. The third-order valence-corrected chi connectivity index (χ3v) is 7.82. The number of pyridine rings is 1. The second-order valence-corrected chi connectivity index (χ2v) is 11.1. The maximum Gasteiger partial charge on any atom is 0.290 e. The zero-order chi connectivity index (χ0) is 31.5. The fourth-order valence-corrected chi connectivity index (χ4v) is 5.66. The third-order valence-electron chi connectivity index (χ3n) is 7.82. The van der Waals surface area contributed by atoms with Crippen molar-refractivity contribution in [3.63, 3.8) is 0 Å². The number of nitrogens with zero attached hydrogens (tertiary/aromatic N) is 5. The molecule has 2 bridgehead atoms. The Morgan fingerprint density at radius 2 is 1.91 bits per heavy atom. The number of nitrogens with one attached hydrogen (secondary N) is 1. The SMILES string of the molecule is Cc1cc(C)n(CC(=O)N2C[C@@H]3NC(=O)CN(C(=O)CCc4cccnc4)CCCCOc4cccc(c4)[C@H]3C2)n1.O=CO. The number of hydrogen-bond donors (Lipinski definition) is 2. The molecule has 12 heteroatoms. The van der Waals surface area contributed by atoms with Gasteiger partial charge in [-0.25, -0.2) is 0 Å². The first-order chi connectivity index (χ1) is 21.3. The quantitative estimate of drug-likeness (QED) is 0.422. The fourth-order valence-electron chi connectivity index (χ4n) is 5.66. The van der Waals surface area contributed by atoms with Gasteiger partial charge < -0.3 is 25.0 Å². The average Bonchev–Trinajstić information content (AvgIpc) is 3.57. The van der Waals surface area contributed by atoms with Crippen LogP contribution in [0, 0.1) is 13.8 Å². The summed E-state index contributed by atoms with van der Waals surface area (Å²) in [5, 5.41) is 14.5. The van der Waals surface area contributed by atoms with Gasteiger partial charge in [0.05, 0.1) is 24.9 Å².